The molecule has 1 aromatic rings. The number of hydrogen-bond donors (Lipinski definition) is 3. The van der Waals surface area contributed by atoms with Gasteiger partial charge in [0.15, 0.2) is 0 Å². The maximum atomic E-state index is 12.0. The van der Waals surface area contributed by atoms with Crippen molar-refractivity contribution in [2.45, 2.75) is 31.9 Å². The summed E-state index contributed by atoms with van der Waals surface area (Å²) in [6.45, 7) is 2.55. The molecule has 1 heterocycles. The largest absolute Gasteiger partial charge is 0.372 e. The summed E-state index contributed by atoms with van der Waals surface area (Å²) in [5, 5.41) is 8.75. The molecule has 0 aromatic heterocycles. The minimum Gasteiger partial charge on any atom is -0.372 e. The molecule has 2 amide bonds. The highest BCUT2D eigenvalue weighted by Crippen LogP contribution is 2.17. The van der Waals surface area contributed by atoms with E-state index < -0.39 is 6.10 Å². The van der Waals surface area contributed by atoms with Gasteiger partial charge in [-0.15, -0.1) is 12.4 Å². The fourth-order valence-corrected chi connectivity index (χ4v) is 2.16. The number of halogens is 1. The second kappa shape index (κ2) is 8.73. The van der Waals surface area contributed by atoms with E-state index in [0.29, 0.717) is 11.4 Å². The van der Waals surface area contributed by atoms with E-state index in [4.69, 9.17) is 4.74 Å². The standard InChI is InChI=1S/C15H21N3O3.ClH/c1-10(21-2)14(19)17-11-5-3-6-12(9-11)18-15(20)13-7-4-8-16-13;/h3,5-6,9-10,13,16H,4,7-8H2,1-2H3,(H,17,19)(H,18,20);1H. The minimum atomic E-state index is -0.522. The molecule has 1 fully saturated rings. The molecule has 122 valence electrons. The SMILES string of the molecule is COC(C)C(=O)Nc1cccc(NC(=O)C2CCCN2)c1.Cl. The molecule has 1 aliphatic rings. The van der Waals surface area contributed by atoms with Crippen LogP contribution < -0.4 is 16.0 Å². The minimum absolute atomic E-state index is 0. The fraction of sp³-hybridized carbons (Fsp3) is 0.467. The summed E-state index contributed by atoms with van der Waals surface area (Å²) in [7, 11) is 1.48. The molecule has 2 atom stereocenters. The highest BCUT2D eigenvalue weighted by Gasteiger charge is 2.22. The van der Waals surface area contributed by atoms with Gasteiger partial charge >= 0.3 is 0 Å². The maximum Gasteiger partial charge on any atom is 0.253 e. The summed E-state index contributed by atoms with van der Waals surface area (Å²) in [6.07, 6.45) is 1.35. The van der Waals surface area contributed by atoms with Crippen LogP contribution in [0.15, 0.2) is 24.3 Å². The first-order valence-corrected chi connectivity index (χ1v) is 7.08. The number of ether oxygens (including phenoxy) is 1. The molecule has 0 radical (unpaired) electrons. The average molecular weight is 328 g/mol. The third-order valence-electron chi connectivity index (χ3n) is 3.50. The topological polar surface area (TPSA) is 79.5 Å². The number of methoxy groups -OCH3 is 1. The predicted molar refractivity (Wildman–Crippen MR) is 88.4 cm³/mol. The van der Waals surface area contributed by atoms with Crippen LogP contribution >= 0.6 is 12.4 Å². The van der Waals surface area contributed by atoms with Gasteiger partial charge in [-0.05, 0) is 44.5 Å². The summed E-state index contributed by atoms with van der Waals surface area (Å²) in [4.78, 5) is 23.8. The van der Waals surface area contributed by atoms with Gasteiger partial charge in [-0.3, -0.25) is 9.59 Å². The van der Waals surface area contributed by atoms with E-state index in [1.165, 1.54) is 7.11 Å². The van der Waals surface area contributed by atoms with E-state index in [2.05, 4.69) is 16.0 Å². The Hall–Kier alpha value is -1.63. The molecule has 0 aliphatic carbocycles. The zero-order valence-electron chi connectivity index (χ0n) is 12.7. The van der Waals surface area contributed by atoms with E-state index in [1.54, 1.807) is 31.2 Å². The van der Waals surface area contributed by atoms with E-state index in [0.717, 1.165) is 19.4 Å². The Morgan fingerprint density at radius 1 is 1.32 bits per heavy atom. The van der Waals surface area contributed by atoms with Crippen LogP contribution in [0.3, 0.4) is 0 Å². The summed E-state index contributed by atoms with van der Waals surface area (Å²) in [6, 6.07) is 6.95. The van der Waals surface area contributed by atoms with Gasteiger partial charge in [0.05, 0.1) is 6.04 Å². The van der Waals surface area contributed by atoms with E-state index >= 15 is 0 Å². The van der Waals surface area contributed by atoms with Gasteiger partial charge in [-0.1, -0.05) is 6.07 Å². The number of carbonyl (C=O) groups is 2. The van der Waals surface area contributed by atoms with Crippen molar-refractivity contribution in [1.82, 2.24) is 5.32 Å². The second-order valence-electron chi connectivity index (χ2n) is 5.09. The van der Waals surface area contributed by atoms with Crippen molar-refractivity contribution in [3.05, 3.63) is 24.3 Å². The molecule has 1 aromatic carbocycles. The van der Waals surface area contributed by atoms with Gasteiger partial charge in [-0.2, -0.15) is 0 Å². The molecule has 22 heavy (non-hydrogen) atoms. The lowest BCUT2D eigenvalue weighted by molar-refractivity contribution is -0.124. The monoisotopic (exact) mass is 327 g/mol. The average Bonchev–Trinajstić information content (AvgIpc) is 3.01. The van der Waals surface area contributed by atoms with Crippen molar-refractivity contribution in [2.24, 2.45) is 0 Å². The predicted octanol–water partition coefficient (Wildman–Crippen LogP) is 1.77. The van der Waals surface area contributed by atoms with E-state index in [1.807, 2.05) is 0 Å². The summed E-state index contributed by atoms with van der Waals surface area (Å²) in [5.41, 5.74) is 1.29. The zero-order valence-corrected chi connectivity index (χ0v) is 13.5. The van der Waals surface area contributed by atoms with Gasteiger partial charge in [-0.25, -0.2) is 0 Å². The third kappa shape index (κ3) is 4.98. The van der Waals surface area contributed by atoms with Crippen molar-refractivity contribution in [3.8, 4) is 0 Å². The van der Waals surface area contributed by atoms with Crippen LogP contribution in [0.5, 0.6) is 0 Å². The molecule has 0 bridgehead atoms. The Morgan fingerprint density at radius 2 is 2.00 bits per heavy atom. The lowest BCUT2D eigenvalue weighted by Crippen LogP contribution is -2.35. The van der Waals surface area contributed by atoms with Gasteiger partial charge in [0.1, 0.15) is 6.10 Å². The number of carbonyl (C=O) groups excluding carboxylic acids is 2. The number of anilines is 2. The Labute approximate surface area is 136 Å². The van der Waals surface area contributed by atoms with Crippen LogP contribution in [-0.4, -0.2) is 37.6 Å². The van der Waals surface area contributed by atoms with Gasteiger partial charge in [0, 0.05) is 18.5 Å². The molecule has 2 unspecified atom stereocenters. The quantitative estimate of drug-likeness (QED) is 0.770. The van der Waals surface area contributed by atoms with Gasteiger partial charge < -0.3 is 20.7 Å². The molecule has 3 N–H and O–H groups in total. The lowest BCUT2D eigenvalue weighted by Gasteiger charge is -2.13. The first-order chi connectivity index (χ1) is 10.1. The smallest absolute Gasteiger partial charge is 0.253 e. The van der Waals surface area contributed by atoms with Gasteiger partial charge in [0.25, 0.3) is 5.91 Å². The number of benzene rings is 1. The maximum absolute atomic E-state index is 12.0. The van der Waals surface area contributed by atoms with E-state index in [-0.39, 0.29) is 30.3 Å². The van der Waals surface area contributed by atoms with Crippen molar-refractivity contribution in [1.29, 1.82) is 0 Å². The van der Waals surface area contributed by atoms with Crippen molar-refractivity contribution in [2.75, 3.05) is 24.3 Å². The number of rotatable bonds is 5. The molecule has 1 saturated heterocycles. The normalized spacial score (nSPS) is 18.2. The van der Waals surface area contributed by atoms with Crippen molar-refractivity contribution >= 4 is 35.6 Å². The Bertz CT molecular complexity index is 519. The number of nitrogens with one attached hydrogen (secondary N) is 3. The third-order valence-corrected chi connectivity index (χ3v) is 3.50. The molecule has 0 spiro atoms. The Morgan fingerprint density at radius 3 is 2.59 bits per heavy atom. The van der Waals surface area contributed by atoms with Crippen LogP contribution in [0.25, 0.3) is 0 Å². The van der Waals surface area contributed by atoms with Crippen LogP contribution in [0.4, 0.5) is 11.4 Å². The van der Waals surface area contributed by atoms with Crippen LogP contribution in [0, 0.1) is 0 Å². The number of hydrogen-bond acceptors (Lipinski definition) is 4. The molecule has 6 nitrogen and oxygen atoms in total. The molecule has 0 saturated carbocycles. The molecule has 2 rings (SSSR count). The highest BCUT2D eigenvalue weighted by atomic mass is 35.5. The lowest BCUT2D eigenvalue weighted by atomic mass is 10.2. The highest BCUT2D eigenvalue weighted by molar-refractivity contribution is 5.97. The first-order valence-electron chi connectivity index (χ1n) is 7.08. The summed E-state index contributed by atoms with van der Waals surface area (Å²) < 4.78 is 4.96. The molecule has 1 aliphatic heterocycles. The second-order valence-corrected chi connectivity index (χ2v) is 5.09. The summed E-state index contributed by atoms with van der Waals surface area (Å²) >= 11 is 0. The summed E-state index contributed by atoms with van der Waals surface area (Å²) in [5.74, 6) is -0.264. The number of amides is 2. The van der Waals surface area contributed by atoms with Crippen LogP contribution in [0.1, 0.15) is 19.8 Å². The van der Waals surface area contributed by atoms with Crippen LogP contribution in [0.2, 0.25) is 0 Å². The molecular weight excluding hydrogens is 306 g/mol. The van der Waals surface area contributed by atoms with Gasteiger partial charge in [0.2, 0.25) is 5.91 Å². The van der Waals surface area contributed by atoms with E-state index in [9.17, 15) is 9.59 Å². The Kier molecular flexibility index (Phi) is 7.31. The first kappa shape index (κ1) is 18.4. The molecular formula is C15H22ClN3O3. The fourth-order valence-electron chi connectivity index (χ4n) is 2.16. The Balaban J connectivity index is 0.00000242. The van der Waals surface area contributed by atoms with Crippen molar-refractivity contribution < 1.29 is 14.3 Å². The van der Waals surface area contributed by atoms with Crippen LogP contribution in [-0.2, 0) is 14.3 Å². The molecule has 7 heteroatoms. The van der Waals surface area contributed by atoms with Crippen molar-refractivity contribution in [3.63, 3.8) is 0 Å². The zero-order chi connectivity index (χ0) is 15.2.